The zero-order valence-corrected chi connectivity index (χ0v) is 14.3. The summed E-state index contributed by atoms with van der Waals surface area (Å²) < 4.78 is 0. The molecule has 3 rings (SSSR count). The second-order valence-electron chi connectivity index (χ2n) is 6.41. The number of nitrogens with zero attached hydrogens (tertiary/aromatic N) is 5. The third kappa shape index (κ3) is 4.13. The number of aromatic nitrogens is 1. The van der Waals surface area contributed by atoms with E-state index in [1.165, 1.54) is 18.4 Å². The Kier molecular flexibility index (Phi) is 5.33. The standard InChI is InChI=1S/C17H28N6/c1-18-17(23-7-3-4-8-23)20-14-15-5-6-16(19-13-15)22-11-9-21(2)10-12-22/h5-6,13H,3-4,7-12,14H2,1-2H3,(H,18,20). The van der Waals surface area contributed by atoms with Crippen molar-refractivity contribution < 1.29 is 0 Å². The Morgan fingerprint density at radius 2 is 1.87 bits per heavy atom. The molecule has 0 aliphatic carbocycles. The topological polar surface area (TPSA) is 47.0 Å². The number of hydrogen-bond acceptors (Lipinski definition) is 4. The van der Waals surface area contributed by atoms with Crippen LogP contribution in [-0.4, -0.2) is 74.1 Å². The monoisotopic (exact) mass is 316 g/mol. The van der Waals surface area contributed by atoms with Gasteiger partial charge in [0.15, 0.2) is 5.96 Å². The zero-order valence-electron chi connectivity index (χ0n) is 14.3. The number of hydrogen-bond donors (Lipinski definition) is 1. The molecule has 6 heteroatoms. The average Bonchev–Trinajstić information content (AvgIpc) is 3.11. The van der Waals surface area contributed by atoms with Crippen LogP contribution >= 0.6 is 0 Å². The van der Waals surface area contributed by atoms with Gasteiger partial charge in [0.1, 0.15) is 5.82 Å². The van der Waals surface area contributed by atoms with Gasteiger partial charge in [-0.1, -0.05) is 6.07 Å². The molecule has 23 heavy (non-hydrogen) atoms. The average molecular weight is 316 g/mol. The predicted octanol–water partition coefficient (Wildman–Crippen LogP) is 1.00. The third-order valence-corrected chi connectivity index (χ3v) is 4.70. The van der Waals surface area contributed by atoms with E-state index in [1.54, 1.807) is 0 Å². The van der Waals surface area contributed by atoms with Gasteiger partial charge in [0.2, 0.25) is 0 Å². The number of piperazine rings is 1. The summed E-state index contributed by atoms with van der Waals surface area (Å²) in [5.74, 6) is 2.09. The summed E-state index contributed by atoms with van der Waals surface area (Å²) in [6.07, 6.45) is 4.52. The van der Waals surface area contributed by atoms with Gasteiger partial charge in [-0.05, 0) is 31.5 Å². The molecule has 2 aliphatic heterocycles. The van der Waals surface area contributed by atoms with Crippen molar-refractivity contribution in [3.05, 3.63) is 23.9 Å². The van der Waals surface area contributed by atoms with Crippen molar-refractivity contribution in [3.8, 4) is 0 Å². The molecule has 0 unspecified atom stereocenters. The maximum Gasteiger partial charge on any atom is 0.193 e. The van der Waals surface area contributed by atoms with Crippen molar-refractivity contribution >= 4 is 11.8 Å². The van der Waals surface area contributed by atoms with E-state index in [1.807, 2.05) is 13.2 Å². The summed E-state index contributed by atoms with van der Waals surface area (Å²) in [4.78, 5) is 16.1. The fourth-order valence-corrected chi connectivity index (χ4v) is 3.19. The van der Waals surface area contributed by atoms with Crippen molar-refractivity contribution in [3.63, 3.8) is 0 Å². The lowest BCUT2D eigenvalue weighted by Gasteiger charge is -2.33. The number of likely N-dealkylation sites (tertiary alicyclic amines) is 1. The molecule has 0 aromatic carbocycles. The maximum absolute atomic E-state index is 4.64. The molecule has 6 nitrogen and oxygen atoms in total. The molecule has 1 aromatic heterocycles. The number of rotatable bonds is 3. The van der Waals surface area contributed by atoms with Crippen LogP contribution in [0, 0.1) is 0 Å². The summed E-state index contributed by atoms with van der Waals surface area (Å²) >= 11 is 0. The highest BCUT2D eigenvalue weighted by atomic mass is 15.3. The Hall–Kier alpha value is -1.82. The maximum atomic E-state index is 4.64. The van der Waals surface area contributed by atoms with Crippen molar-refractivity contribution in [2.24, 2.45) is 4.99 Å². The van der Waals surface area contributed by atoms with Crippen LogP contribution in [0.1, 0.15) is 18.4 Å². The SMILES string of the molecule is CN=C(NCc1ccc(N2CCN(C)CC2)nc1)N1CCCC1. The van der Waals surface area contributed by atoms with Gasteiger partial charge in [0, 0.05) is 59.1 Å². The summed E-state index contributed by atoms with van der Waals surface area (Å²) in [6.45, 7) is 7.33. The first-order valence-corrected chi connectivity index (χ1v) is 8.60. The van der Waals surface area contributed by atoms with E-state index in [0.29, 0.717) is 0 Å². The Morgan fingerprint density at radius 3 is 2.48 bits per heavy atom. The van der Waals surface area contributed by atoms with Gasteiger partial charge in [-0.25, -0.2) is 4.98 Å². The lowest BCUT2D eigenvalue weighted by Crippen LogP contribution is -2.44. The number of pyridine rings is 1. The Morgan fingerprint density at radius 1 is 1.13 bits per heavy atom. The van der Waals surface area contributed by atoms with E-state index in [0.717, 1.165) is 57.6 Å². The fraction of sp³-hybridized carbons (Fsp3) is 0.647. The molecule has 0 atom stereocenters. The summed E-state index contributed by atoms with van der Waals surface area (Å²) in [5.41, 5.74) is 1.20. The van der Waals surface area contributed by atoms with Crippen LogP contribution < -0.4 is 10.2 Å². The minimum atomic E-state index is 0.777. The van der Waals surface area contributed by atoms with E-state index in [9.17, 15) is 0 Å². The second-order valence-corrected chi connectivity index (χ2v) is 6.41. The predicted molar refractivity (Wildman–Crippen MR) is 95.0 cm³/mol. The largest absolute Gasteiger partial charge is 0.354 e. The van der Waals surface area contributed by atoms with Crippen molar-refractivity contribution in [2.45, 2.75) is 19.4 Å². The fourth-order valence-electron chi connectivity index (χ4n) is 3.19. The van der Waals surface area contributed by atoms with E-state index >= 15 is 0 Å². The Balaban J connectivity index is 1.53. The number of guanidine groups is 1. The number of aliphatic imine (C=N–C) groups is 1. The highest BCUT2D eigenvalue weighted by Crippen LogP contribution is 2.14. The highest BCUT2D eigenvalue weighted by molar-refractivity contribution is 5.80. The zero-order chi connectivity index (χ0) is 16.1. The molecular weight excluding hydrogens is 288 g/mol. The Bertz CT molecular complexity index is 512. The van der Waals surface area contributed by atoms with Gasteiger partial charge in [0.05, 0.1) is 0 Å². The van der Waals surface area contributed by atoms with Crippen molar-refractivity contribution in [1.82, 2.24) is 20.1 Å². The summed E-state index contributed by atoms with van der Waals surface area (Å²) in [7, 11) is 4.03. The van der Waals surface area contributed by atoms with Crippen molar-refractivity contribution in [1.29, 1.82) is 0 Å². The molecule has 2 aliphatic rings. The van der Waals surface area contributed by atoms with E-state index in [4.69, 9.17) is 0 Å². The molecule has 0 amide bonds. The van der Waals surface area contributed by atoms with Gasteiger partial charge in [-0.15, -0.1) is 0 Å². The van der Waals surface area contributed by atoms with Gasteiger partial charge < -0.3 is 20.0 Å². The van der Waals surface area contributed by atoms with Gasteiger partial charge in [-0.3, -0.25) is 4.99 Å². The summed E-state index contributed by atoms with van der Waals surface area (Å²) in [5, 5.41) is 3.45. The van der Waals surface area contributed by atoms with Crippen LogP contribution in [0.3, 0.4) is 0 Å². The minimum Gasteiger partial charge on any atom is -0.354 e. The lowest BCUT2D eigenvalue weighted by atomic mass is 10.2. The molecule has 126 valence electrons. The molecular formula is C17H28N6. The van der Waals surface area contributed by atoms with Crippen LogP contribution in [-0.2, 0) is 6.54 Å². The molecule has 2 fully saturated rings. The van der Waals surface area contributed by atoms with Gasteiger partial charge in [0.25, 0.3) is 0 Å². The highest BCUT2D eigenvalue weighted by Gasteiger charge is 2.16. The molecule has 1 aromatic rings. The first kappa shape index (κ1) is 16.1. The molecule has 3 heterocycles. The van der Waals surface area contributed by atoms with Gasteiger partial charge in [-0.2, -0.15) is 0 Å². The van der Waals surface area contributed by atoms with Crippen LogP contribution in [0.15, 0.2) is 23.3 Å². The molecule has 2 saturated heterocycles. The van der Waals surface area contributed by atoms with Crippen LogP contribution in [0.25, 0.3) is 0 Å². The number of likely N-dealkylation sites (N-methyl/N-ethyl adjacent to an activating group) is 1. The molecule has 1 N–H and O–H groups in total. The van der Waals surface area contributed by atoms with Crippen LogP contribution in [0.2, 0.25) is 0 Å². The normalized spacial score (nSPS) is 20.2. The van der Waals surface area contributed by atoms with Gasteiger partial charge >= 0.3 is 0 Å². The molecule has 0 radical (unpaired) electrons. The van der Waals surface area contributed by atoms with E-state index in [2.05, 4.69) is 49.2 Å². The molecule has 0 bridgehead atoms. The lowest BCUT2D eigenvalue weighted by molar-refractivity contribution is 0.312. The second kappa shape index (κ2) is 7.64. The summed E-state index contributed by atoms with van der Waals surface area (Å²) in [6, 6.07) is 4.31. The third-order valence-electron chi connectivity index (χ3n) is 4.70. The van der Waals surface area contributed by atoms with E-state index in [-0.39, 0.29) is 0 Å². The van der Waals surface area contributed by atoms with Crippen LogP contribution in [0.4, 0.5) is 5.82 Å². The quantitative estimate of drug-likeness (QED) is 0.666. The minimum absolute atomic E-state index is 0.777. The molecule has 0 spiro atoms. The Labute approximate surface area is 139 Å². The van der Waals surface area contributed by atoms with Crippen molar-refractivity contribution in [2.75, 3.05) is 58.3 Å². The van der Waals surface area contributed by atoms with E-state index < -0.39 is 0 Å². The first-order chi connectivity index (χ1) is 11.3. The van der Waals surface area contributed by atoms with Crippen LogP contribution in [0.5, 0.6) is 0 Å². The molecule has 0 saturated carbocycles. The number of nitrogens with one attached hydrogen (secondary N) is 1. The first-order valence-electron chi connectivity index (χ1n) is 8.60. The smallest absolute Gasteiger partial charge is 0.193 e. The number of anilines is 1.